The lowest BCUT2D eigenvalue weighted by Gasteiger charge is -2.28. The molecule has 0 bridgehead atoms. The zero-order chi connectivity index (χ0) is 25.0. The van der Waals surface area contributed by atoms with E-state index in [2.05, 4.69) is 28.1 Å². The highest BCUT2D eigenvalue weighted by Crippen LogP contribution is 2.66. The molecular formula is C9H15N6O15P3. The van der Waals surface area contributed by atoms with Crippen LogP contribution in [-0.4, -0.2) is 79.2 Å². The molecule has 0 amide bonds. The van der Waals surface area contributed by atoms with Crippen LogP contribution in [0, 0.1) is 0 Å². The zero-order valence-corrected chi connectivity index (χ0v) is 18.2. The summed E-state index contributed by atoms with van der Waals surface area (Å²) in [6.07, 6.45) is -3.38. The molecule has 186 valence electrons. The van der Waals surface area contributed by atoms with Crippen molar-refractivity contribution in [2.24, 2.45) is 0 Å². The number of H-pyrrole nitrogens is 1. The Morgan fingerprint density at radius 1 is 1.18 bits per heavy atom. The predicted octanol–water partition coefficient (Wildman–Crippen LogP) is -3.70. The number of aliphatic hydroxyl groups excluding tert-OH is 1. The highest BCUT2D eigenvalue weighted by Gasteiger charge is 2.56. The number of hydrogen-bond acceptors (Lipinski definition) is 15. The van der Waals surface area contributed by atoms with Gasteiger partial charge in [0.15, 0.2) is 17.3 Å². The molecule has 1 fully saturated rings. The van der Waals surface area contributed by atoms with E-state index in [4.69, 9.17) is 25.3 Å². The number of hydroxylamine groups is 1. The van der Waals surface area contributed by atoms with E-state index >= 15 is 0 Å². The number of hydrogen-bond donors (Lipinski definition) is 9. The number of rotatable bonds is 8. The minimum Gasteiger partial charge on any atom is -0.382 e. The second kappa shape index (κ2) is 8.45. The lowest BCUT2D eigenvalue weighted by atomic mass is 10.2. The number of nitrogens with two attached hydrogens (primary N) is 1. The molecule has 1 aliphatic rings. The lowest BCUT2D eigenvalue weighted by molar-refractivity contribution is -0.227. The van der Waals surface area contributed by atoms with E-state index in [0.29, 0.717) is 4.68 Å². The Labute approximate surface area is 179 Å². The van der Waals surface area contributed by atoms with Crippen LogP contribution in [0.5, 0.6) is 0 Å². The molecule has 1 saturated heterocycles. The highest BCUT2D eigenvalue weighted by molar-refractivity contribution is 7.66. The predicted molar refractivity (Wildman–Crippen MR) is 98.6 cm³/mol. The average molecular weight is 540 g/mol. The second-order valence-electron chi connectivity index (χ2n) is 6.15. The molecule has 0 radical (unpaired) electrons. The van der Waals surface area contributed by atoms with Crippen molar-refractivity contribution in [2.45, 2.75) is 18.1 Å². The van der Waals surface area contributed by atoms with Gasteiger partial charge in [0.25, 0.3) is 5.56 Å². The number of fused-ring (bicyclic) bond motifs is 1. The van der Waals surface area contributed by atoms with Crippen molar-refractivity contribution in [3.05, 3.63) is 16.7 Å². The third-order valence-electron chi connectivity index (χ3n) is 3.69. The van der Waals surface area contributed by atoms with Crippen molar-refractivity contribution < 1.29 is 66.6 Å². The first-order chi connectivity index (χ1) is 14.9. The van der Waals surface area contributed by atoms with Crippen LogP contribution in [0.1, 0.15) is 0 Å². The van der Waals surface area contributed by atoms with E-state index in [1.165, 1.54) is 0 Å². The van der Waals surface area contributed by atoms with Crippen LogP contribution in [-0.2, 0) is 31.7 Å². The number of aromatic nitrogens is 4. The summed E-state index contributed by atoms with van der Waals surface area (Å²) < 4.78 is 45.7. The number of nitrogens with zero attached hydrogens (tertiary/aromatic N) is 4. The third-order valence-corrected chi connectivity index (χ3v) is 7.49. The maximum atomic E-state index is 11.9. The molecule has 0 saturated carbocycles. The van der Waals surface area contributed by atoms with Crippen LogP contribution in [0.4, 0.5) is 5.95 Å². The molecule has 1 aliphatic heterocycles. The number of aliphatic hydroxyl groups is 3. The Morgan fingerprint density at radius 3 is 2.42 bits per heavy atom. The molecule has 3 heterocycles. The van der Waals surface area contributed by atoms with Crippen LogP contribution >= 0.6 is 23.5 Å². The molecule has 10 N–H and O–H groups in total. The van der Waals surface area contributed by atoms with Crippen LogP contribution in [0.25, 0.3) is 11.2 Å². The molecule has 24 heteroatoms. The van der Waals surface area contributed by atoms with Crippen LogP contribution in [0.3, 0.4) is 0 Å². The summed E-state index contributed by atoms with van der Waals surface area (Å²) in [5, 5.41) is 30.7. The molecule has 33 heavy (non-hydrogen) atoms. The van der Waals surface area contributed by atoms with Gasteiger partial charge in [-0.05, 0) is 0 Å². The van der Waals surface area contributed by atoms with Gasteiger partial charge in [0.05, 0.1) is 6.61 Å². The van der Waals surface area contributed by atoms with Gasteiger partial charge in [-0.3, -0.25) is 14.3 Å². The van der Waals surface area contributed by atoms with Gasteiger partial charge >= 0.3 is 29.4 Å². The number of anilines is 1. The van der Waals surface area contributed by atoms with Gasteiger partial charge in [0, 0.05) is 0 Å². The van der Waals surface area contributed by atoms with E-state index in [1.807, 2.05) is 0 Å². The molecule has 2 aromatic rings. The summed E-state index contributed by atoms with van der Waals surface area (Å²) in [7, 11) is -17.0. The number of nitrogens with one attached hydrogen (secondary N) is 1. The fourth-order valence-electron chi connectivity index (χ4n) is 2.48. The molecule has 21 nitrogen and oxygen atoms in total. The van der Waals surface area contributed by atoms with Gasteiger partial charge in [-0.1, -0.05) is 0 Å². The summed E-state index contributed by atoms with van der Waals surface area (Å²) in [4.78, 5) is 62.0. The van der Waals surface area contributed by atoms with Crippen molar-refractivity contribution in [1.29, 1.82) is 0 Å². The first-order valence-corrected chi connectivity index (χ1v) is 12.6. The molecule has 2 aromatic heterocycles. The largest absolute Gasteiger partial charge is 0.490 e. The van der Waals surface area contributed by atoms with Crippen molar-refractivity contribution in [1.82, 2.24) is 19.6 Å². The molecular weight excluding hydrogens is 525 g/mol. The van der Waals surface area contributed by atoms with Gasteiger partial charge in [0.2, 0.25) is 5.95 Å². The van der Waals surface area contributed by atoms with E-state index < -0.39 is 53.8 Å². The molecule has 0 spiro atoms. The van der Waals surface area contributed by atoms with E-state index in [9.17, 15) is 38.7 Å². The van der Waals surface area contributed by atoms with E-state index in [0.717, 1.165) is 6.33 Å². The fourth-order valence-corrected chi connectivity index (χ4v) is 5.51. The van der Waals surface area contributed by atoms with Crippen LogP contribution in [0.2, 0.25) is 0 Å². The minimum absolute atomic E-state index is 0.157. The number of aromatic amines is 1. The monoisotopic (exact) mass is 540 g/mol. The Kier molecular flexibility index (Phi) is 6.61. The Morgan fingerprint density at radius 2 is 1.82 bits per heavy atom. The smallest absolute Gasteiger partial charge is 0.382 e. The Hall–Kier alpha value is -1.80. The van der Waals surface area contributed by atoms with Gasteiger partial charge in [-0.2, -0.15) is 18.3 Å². The van der Waals surface area contributed by atoms with Gasteiger partial charge in [0.1, 0.15) is 12.4 Å². The zero-order valence-electron chi connectivity index (χ0n) is 15.5. The average Bonchev–Trinajstić information content (AvgIpc) is 3.10. The molecule has 4 atom stereocenters. The van der Waals surface area contributed by atoms with Crippen molar-refractivity contribution >= 4 is 40.6 Å². The highest BCUT2D eigenvalue weighted by atomic mass is 31.3. The van der Waals surface area contributed by atoms with Gasteiger partial charge < -0.3 is 40.6 Å². The minimum atomic E-state index is -5.81. The Balaban J connectivity index is 1.78. The van der Waals surface area contributed by atoms with Crippen molar-refractivity contribution in [2.75, 3.05) is 17.5 Å². The third kappa shape index (κ3) is 5.65. The molecule has 2 unspecified atom stereocenters. The number of phosphoric ester groups is 1. The Bertz CT molecular complexity index is 1250. The van der Waals surface area contributed by atoms with Crippen molar-refractivity contribution in [3.63, 3.8) is 0 Å². The fraction of sp³-hybridized carbons (Fsp3) is 0.444. The van der Waals surface area contributed by atoms with Crippen LogP contribution < -0.4 is 16.5 Å². The number of imidazole rings is 1. The second-order valence-corrected chi connectivity index (χ2v) is 10.6. The lowest BCUT2D eigenvalue weighted by Crippen LogP contribution is -2.55. The standard InChI is InChI=1S/C9H15N6O15P3/c10-8-12-6-4(7(17)13-8)11-2-14(6)15-9(18,19)5(16)3(28-15)1-27-32(23,24)30-33(25,26)29-31(20,21)22/h2-3,5,16,18-19H,1H2,(H,23,24)(H,25,26)(H2,20,21,22)(H3,10,12,13,17)/t3-,5-/m1/s1. The first-order valence-electron chi connectivity index (χ1n) is 8.03. The molecule has 0 aliphatic carbocycles. The van der Waals surface area contributed by atoms with E-state index in [-0.39, 0.29) is 22.3 Å². The normalized spacial score (nSPS) is 24.6. The summed E-state index contributed by atoms with van der Waals surface area (Å²) in [5.41, 5.74) is 3.94. The maximum Gasteiger partial charge on any atom is 0.490 e. The maximum absolute atomic E-state index is 11.9. The topological polar surface area (TPSA) is 323 Å². The van der Waals surface area contributed by atoms with Gasteiger partial charge in [-0.25, -0.2) is 23.5 Å². The SMILES string of the molecule is Nc1nc2c(ncn2N2O[C@H](COP(=O)(O)OP(=O)(O)OP(=O)(O)O)[C@@H](O)C2(O)O)c(=O)[nH]1. The van der Waals surface area contributed by atoms with E-state index in [1.54, 1.807) is 0 Å². The van der Waals surface area contributed by atoms with Crippen LogP contribution in [0.15, 0.2) is 11.1 Å². The molecule has 0 aromatic carbocycles. The summed E-state index contributed by atoms with van der Waals surface area (Å²) in [5.74, 6) is -3.67. The summed E-state index contributed by atoms with van der Waals surface area (Å²) in [6.45, 7) is -1.23. The summed E-state index contributed by atoms with van der Waals surface area (Å²) >= 11 is 0. The number of phosphoric acid groups is 3. The number of nitrogen functional groups attached to an aromatic ring is 1. The van der Waals surface area contributed by atoms with Crippen molar-refractivity contribution in [3.8, 4) is 0 Å². The quantitative estimate of drug-likeness (QED) is 0.115. The first kappa shape index (κ1) is 25.8. The molecule has 3 rings (SSSR count). The summed E-state index contributed by atoms with van der Waals surface area (Å²) in [6, 6.07) is 0. The van der Waals surface area contributed by atoms with Gasteiger partial charge in [-0.15, -0.1) is 5.17 Å².